The number of aliphatic hydroxyl groups excluding tert-OH is 1. The molecule has 1 aliphatic rings. The highest BCUT2D eigenvalue weighted by Crippen LogP contribution is 2.43. The molecule has 4 rings (SSSR count). The second-order valence-electron chi connectivity index (χ2n) is 9.74. The number of benzene rings is 2. The summed E-state index contributed by atoms with van der Waals surface area (Å²) in [7, 11) is 3.84. The minimum atomic E-state index is -0.702. The van der Waals surface area contributed by atoms with Crippen LogP contribution in [0.25, 0.3) is 16.7 Å². The fourth-order valence-electron chi connectivity index (χ4n) is 4.52. The number of carbonyl (C=O) groups is 2. The van der Waals surface area contributed by atoms with Crippen molar-refractivity contribution < 1.29 is 19.4 Å². The van der Waals surface area contributed by atoms with E-state index in [1.165, 1.54) is 0 Å². The number of hydrogen-bond donors (Lipinski definition) is 2. The first kappa shape index (κ1) is 24.5. The van der Waals surface area contributed by atoms with Gasteiger partial charge in [-0.25, -0.2) is 0 Å². The Morgan fingerprint density at radius 3 is 2.60 bits per heavy atom. The van der Waals surface area contributed by atoms with E-state index in [1.807, 2.05) is 56.3 Å². The number of fused-ring (bicyclic) bond motifs is 1. The molecular formula is C28H33N3O4. The molecule has 3 aromatic rings. The van der Waals surface area contributed by atoms with E-state index in [0.717, 1.165) is 22.2 Å². The number of aryl methyl sites for hydroxylation is 1. The van der Waals surface area contributed by atoms with Crippen molar-refractivity contribution in [2.75, 3.05) is 33.8 Å². The number of hydrogen-bond acceptors (Lipinski definition) is 5. The predicted molar refractivity (Wildman–Crippen MR) is 137 cm³/mol. The summed E-state index contributed by atoms with van der Waals surface area (Å²) in [6.45, 7) is 7.53. The lowest BCUT2D eigenvalue weighted by atomic mass is 9.93. The molecule has 35 heavy (non-hydrogen) atoms. The fraction of sp³-hybridized carbons (Fsp3) is 0.357. The number of amides is 1. The molecule has 2 aromatic carbocycles. The van der Waals surface area contributed by atoms with Gasteiger partial charge in [0.1, 0.15) is 11.5 Å². The van der Waals surface area contributed by atoms with Crippen LogP contribution in [-0.2, 0) is 9.59 Å². The third-order valence-electron chi connectivity index (χ3n) is 6.24. The van der Waals surface area contributed by atoms with Crippen LogP contribution in [0.15, 0.2) is 54.1 Å². The number of ketones is 1. The molecule has 7 heteroatoms. The molecule has 184 valence electrons. The largest absolute Gasteiger partial charge is 0.507 e. The van der Waals surface area contributed by atoms with Crippen LogP contribution in [0, 0.1) is 12.8 Å². The van der Waals surface area contributed by atoms with E-state index >= 15 is 0 Å². The summed E-state index contributed by atoms with van der Waals surface area (Å²) in [5.41, 5.74) is 3.14. The Labute approximate surface area is 206 Å². The minimum Gasteiger partial charge on any atom is -0.507 e. The number of aromatic amines is 1. The van der Waals surface area contributed by atoms with Gasteiger partial charge in [-0.2, -0.15) is 0 Å². The van der Waals surface area contributed by atoms with Crippen molar-refractivity contribution >= 4 is 28.4 Å². The van der Waals surface area contributed by atoms with E-state index in [1.54, 1.807) is 23.1 Å². The smallest absolute Gasteiger partial charge is 0.295 e. The molecule has 1 atom stereocenters. The molecule has 0 saturated carbocycles. The van der Waals surface area contributed by atoms with Gasteiger partial charge >= 0.3 is 0 Å². The molecule has 1 fully saturated rings. The average Bonchev–Trinajstić information content (AvgIpc) is 3.28. The van der Waals surface area contributed by atoms with Gasteiger partial charge in [0.15, 0.2) is 0 Å². The molecule has 0 bridgehead atoms. The lowest BCUT2D eigenvalue weighted by Crippen LogP contribution is -2.35. The third-order valence-corrected chi connectivity index (χ3v) is 6.24. The van der Waals surface area contributed by atoms with Crippen LogP contribution in [-0.4, -0.2) is 65.4 Å². The lowest BCUT2D eigenvalue weighted by molar-refractivity contribution is -0.140. The summed E-state index contributed by atoms with van der Waals surface area (Å²) in [6, 6.07) is 14.1. The van der Waals surface area contributed by atoms with Gasteiger partial charge in [-0.1, -0.05) is 44.2 Å². The van der Waals surface area contributed by atoms with Gasteiger partial charge < -0.3 is 24.6 Å². The van der Waals surface area contributed by atoms with Crippen LogP contribution in [0.1, 0.15) is 36.7 Å². The van der Waals surface area contributed by atoms with Gasteiger partial charge in [-0.05, 0) is 45.1 Å². The Morgan fingerprint density at radius 2 is 1.89 bits per heavy atom. The number of likely N-dealkylation sites (tertiary alicyclic amines) is 1. The van der Waals surface area contributed by atoms with E-state index in [0.29, 0.717) is 36.9 Å². The summed E-state index contributed by atoms with van der Waals surface area (Å²) >= 11 is 0. The Balaban J connectivity index is 1.87. The van der Waals surface area contributed by atoms with Crippen molar-refractivity contribution in [3.63, 3.8) is 0 Å². The summed E-state index contributed by atoms with van der Waals surface area (Å²) in [5.74, 6) is -0.524. The highest BCUT2D eigenvalue weighted by molar-refractivity contribution is 6.46. The number of para-hydroxylation sites is 1. The number of aliphatic hydroxyl groups is 1. The second-order valence-corrected chi connectivity index (χ2v) is 9.74. The zero-order valence-corrected chi connectivity index (χ0v) is 21.0. The van der Waals surface area contributed by atoms with E-state index in [4.69, 9.17) is 4.74 Å². The zero-order valence-electron chi connectivity index (χ0n) is 21.0. The van der Waals surface area contributed by atoms with Crippen LogP contribution >= 0.6 is 0 Å². The quantitative estimate of drug-likeness (QED) is 0.285. The Morgan fingerprint density at radius 1 is 1.14 bits per heavy atom. The van der Waals surface area contributed by atoms with Gasteiger partial charge in [0.05, 0.1) is 18.2 Å². The summed E-state index contributed by atoms with van der Waals surface area (Å²) in [6.07, 6.45) is 0. The first-order chi connectivity index (χ1) is 16.7. The highest BCUT2D eigenvalue weighted by atomic mass is 16.5. The molecule has 0 radical (unpaired) electrons. The van der Waals surface area contributed by atoms with Crippen molar-refractivity contribution in [1.82, 2.24) is 14.8 Å². The van der Waals surface area contributed by atoms with Crippen LogP contribution in [0.4, 0.5) is 0 Å². The number of H-pyrrole nitrogens is 1. The first-order valence-corrected chi connectivity index (χ1v) is 11.9. The maximum absolute atomic E-state index is 13.4. The summed E-state index contributed by atoms with van der Waals surface area (Å²) in [5, 5.41) is 12.4. The maximum atomic E-state index is 13.4. The van der Waals surface area contributed by atoms with Crippen molar-refractivity contribution in [1.29, 1.82) is 0 Å². The number of ether oxygens (including phenoxy) is 1. The Bertz CT molecular complexity index is 1290. The molecule has 1 aromatic heterocycles. The van der Waals surface area contributed by atoms with Crippen molar-refractivity contribution in [2.24, 2.45) is 5.92 Å². The average molecular weight is 476 g/mol. The van der Waals surface area contributed by atoms with Crippen LogP contribution in [0.5, 0.6) is 5.75 Å². The molecular weight excluding hydrogens is 442 g/mol. The Kier molecular flexibility index (Phi) is 6.98. The minimum absolute atomic E-state index is 0.0996. The van der Waals surface area contributed by atoms with Gasteiger partial charge in [0.2, 0.25) is 0 Å². The van der Waals surface area contributed by atoms with Gasteiger partial charge in [0, 0.05) is 40.8 Å². The number of rotatable bonds is 8. The number of aromatic nitrogens is 1. The topological polar surface area (TPSA) is 85.9 Å². The van der Waals surface area contributed by atoms with Gasteiger partial charge in [0.25, 0.3) is 11.7 Å². The maximum Gasteiger partial charge on any atom is 0.295 e. The van der Waals surface area contributed by atoms with Crippen molar-refractivity contribution in [3.05, 3.63) is 70.9 Å². The Hall–Kier alpha value is -3.58. The van der Waals surface area contributed by atoms with Crippen molar-refractivity contribution in [2.45, 2.75) is 26.8 Å². The summed E-state index contributed by atoms with van der Waals surface area (Å²) < 4.78 is 5.82. The zero-order chi connectivity index (χ0) is 25.3. The molecule has 1 aliphatic heterocycles. The number of likely N-dealkylation sites (N-methyl/N-ethyl adjacent to an activating group) is 1. The lowest BCUT2D eigenvalue weighted by Gasteiger charge is -2.27. The first-order valence-electron chi connectivity index (χ1n) is 11.9. The third kappa shape index (κ3) is 4.82. The SMILES string of the molecule is Cc1[nH]c2ccccc2c1C1/C(=C(\O)c2cccc(OCC(C)C)c2)C(=O)C(=O)N1CCN(C)C. The number of Topliss-reactive ketones (excluding diaryl/α,β-unsaturated/α-hetero) is 1. The predicted octanol–water partition coefficient (Wildman–Crippen LogP) is 4.49. The molecule has 0 spiro atoms. The number of nitrogens with zero attached hydrogens (tertiary/aromatic N) is 2. The second kappa shape index (κ2) is 9.96. The molecule has 1 saturated heterocycles. The normalized spacial score (nSPS) is 17.8. The van der Waals surface area contributed by atoms with Crippen molar-refractivity contribution in [3.8, 4) is 5.75 Å². The van der Waals surface area contributed by atoms with E-state index in [2.05, 4.69) is 18.8 Å². The van der Waals surface area contributed by atoms with E-state index < -0.39 is 17.7 Å². The molecule has 0 aliphatic carbocycles. The van der Waals surface area contributed by atoms with Gasteiger partial charge in [-0.3, -0.25) is 9.59 Å². The van der Waals surface area contributed by atoms with Crippen LogP contribution in [0.2, 0.25) is 0 Å². The standard InChI is InChI=1S/C28H33N3O4/c1-17(2)16-35-20-10-8-9-19(15-20)26(32)24-25(31(14-13-30(4)5)28(34)27(24)33)23-18(3)29-22-12-7-6-11-21(22)23/h6-12,15,17,25,29,32H,13-14,16H2,1-5H3/b26-24+. The molecule has 7 nitrogen and oxygen atoms in total. The number of nitrogens with one attached hydrogen (secondary N) is 1. The van der Waals surface area contributed by atoms with Gasteiger partial charge in [-0.15, -0.1) is 0 Å². The highest BCUT2D eigenvalue weighted by Gasteiger charge is 2.47. The van der Waals surface area contributed by atoms with E-state index in [-0.39, 0.29) is 11.3 Å². The molecule has 2 heterocycles. The van der Waals surface area contributed by atoms with E-state index in [9.17, 15) is 14.7 Å². The summed E-state index contributed by atoms with van der Waals surface area (Å²) in [4.78, 5) is 33.5. The van der Waals surface area contributed by atoms with Crippen LogP contribution in [0.3, 0.4) is 0 Å². The fourth-order valence-corrected chi connectivity index (χ4v) is 4.52. The van der Waals surface area contributed by atoms with Crippen LogP contribution < -0.4 is 4.74 Å². The molecule has 1 amide bonds. The molecule has 2 N–H and O–H groups in total. The number of carbonyl (C=O) groups excluding carboxylic acids is 2. The monoisotopic (exact) mass is 475 g/mol. The molecule has 1 unspecified atom stereocenters.